The Labute approximate surface area is 171 Å². The van der Waals surface area contributed by atoms with Crippen LogP contribution in [-0.4, -0.2) is 17.8 Å². The van der Waals surface area contributed by atoms with Crippen LogP contribution in [-0.2, 0) is 0 Å². The number of thiazole rings is 1. The zero-order valence-corrected chi connectivity index (χ0v) is 17.0. The first-order valence-electron chi connectivity index (χ1n) is 8.98. The first-order valence-corrected chi connectivity index (χ1v) is 9.86. The average molecular weight is 405 g/mol. The van der Waals surface area contributed by atoms with E-state index >= 15 is 0 Å². The van der Waals surface area contributed by atoms with Gasteiger partial charge in [-0.1, -0.05) is 29.8 Å². The van der Waals surface area contributed by atoms with Gasteiger partial charge >= 0.3 is 5.63 Å². The average Bonchev–Trinajstić information content (AvgIpc) is 3.20. The van der Waals surface area contributed by atoms with Gasteiger partial charge in [-0.05, 0) is 38.1 Å². The number of hydrazone groups is 1. The molecule has 0 saturated carbocycles. The minimum Gasteiger partial charge on any atom is -0.497 e. The smallest absolute Gasteiger partial charge is 0.345 e. The highest BCUT2D eigenvalue weighted by Gasteiger charge is 2.10. The molecule has 0 bridgehead atoms. The van der Waals surface area contributed by atoms with Crippen LogP contribution in [0.1, 0.15) is 18.1 Å². The van der Waals surface area contributed by atoms with E-state index in [4.69, 9.17) is 9.15 Å². The number of ether oxygens (including phenoxy) is 1. The second-order valence-corrected chi connectivity index (χ2v) is 7.42. The van der Waals surface area contributed by atoms with Crippen LogP contribution in [0.3, 0.4) is 0 Å². The number of aromatic nitrogens is 1. The Morgan fingerprint density at radius 1 is 1.17 bits per heavy atom. The number of hydrogen-bond acceptors (Lipinski definition) is 7. The van der Waals surface area contributed by atoms with Crippen LogP contribution in [0.25, 0.3) is 22.2 Å². The predicted octanol–water partition coefficient (Wildman–Crippen LogP) is 5.07. The minimum absolute atomic E-state index is 0.383. The molecular weight excluding hydrogens is 386 g/mol. The largest absolute Gasteiger partial charge is 0.497 e. The third-order valence-electron chi connectivity index (χ3n) is 4.50. The van der Waals surface area contributed by atoms with Crippen molar-refractivity contribution in [1.82, 2.24) is 4.98 Å². The summed E-state index contributed by atoms with van der Waals surface area (Å²) in [5, 5.41) is 7.70. The lowest BCUT2D eigenvalue weighted by molar-refractivity contribution is 0.415. The van der Waals surface area contributed by atoms with Gasteiger partial charge in [-0.3, -0.25) is 5.43 Å². The number of hydrogen-bond donors (Lipinski definition) is 1. The molecule has 29 heavy (non-hydrogen) atoms. The Kier molecular flexibility index (Phi) is 5.14. The van der Waals surface area contributed by atoms with Crippen LogP contribution in [0.5, 0.6) is 5.75 Å². The van der Waals surface area contributed by atoms with Gasteiger partial charge < -0.3 is 9.15 Å². The van der Waals surface area contributed by atoms with Crippen molar-refractivity contribution in [1.29, 1.82) is 0 Å². The Hall–Kier alpha value is -3.45. The number of rotatable bonds is 5. The maximum atomic E-state index is 12.3. The molecule has 0 atom stereocenters. The fourth-order valence-electron chi connectivity index (χ4n) is 2.85. The number of anilines is 1. The molecular formula is C22H19N3O3S. The standard InChI is InChI=1S/C22H19N3O3S/c1-13-4-6-15(7-5-13)19-12-29-22(23-19)25-24-14(2)18-11-16-10-17(27-3)8-9-20(16)28-21(18)26/h4-12H,1-3H3,(H,23,25)/b24-14+. The first kappa shape index (κ1) is 18.9. The van der Waals surface area contributed by atoms with Crippen molar-refractivity contribution in [3.05, 3.63) is 75.5 Å². The fraction of sp³-hybridized carbons (Fsp3) is 0.136. The molecule has 1 N–H and O–H groups in total. The summed E-state index contributed by atoms with van der Waals surface area (Å²) in [6.45, 7) is 3.80. The highest BCUT2D eigenvalue weighted by atomic mass is 32.1. The topological polar surface area (TPSA) is 76.7 Å². The second-order valence-electron chi connectivity index (χ2n) is 6.56. The summed E-state index contributed by atoms with van der Waals surface area (Å²) in [6, 6.07) is 15.2. The Morgan fingerprint density at radius 3 is 2.72 bits per heavy atom. The van der Waals surface area contributed by atoms with Crippen LogP contribution < -0.4 is 15.8 Å². The monoisotopic (exact) mass is 405 g/mol. The van der Waals surface area contributed by atoms with Crippen LogP contribution in [0.4, 0.5) is 5.13 Å². The molecule has 146 valence electrons. The van der Waals surface area contributed by atoms with Gasteiger partial charge in [0, 0.05) is 16.3 Å². The van der Waals surface area contributed by atoms with Crippen molar-refractivity contribution in [3.63, 3.8) is 0 Å². The number of nitrogens with one attached hydrogen (secondary N) is 1. The predicted molar refractivity (Wildman–Crippen MR) is 117 cm³/mol. The van der Waals surface area contributed by atoms with Gasteiger partial charge in [0.05, 0.1) is 24.1 Å². The molecule has 0 aliphatic rings. The number of fused-ring (bicyclic) bond motifs is 1. The molecule has 6 nitrogen and oxygen atoms in total. The minimum atomic E-state index is -0.440. The lowest BCUT2D eigenvalue weighted by Gasteiger charge is -2.04. The van der Waals surface area contributed by atoms with E-state index < -0.39 is 5.63 Å². The van der Waals surface area contributed by atoms with E-state index in [-0.39, 0.29) is 0 Å². The van der Waals surface area contributed by atoms with E-state index in [1.54, 1.807) is 32.2 Å². The molecule has 7 heteroatoms. The van der Waals surface area contributed by atoms with E-state index in [2.05, 4.69) is 34.6 Å². The summed E-state index contributed by atoms with van der Waals surface area (Å²) in [5.74, 6) is 0.691. The van der Waals surface area contributed by atoms with Crippen LogP contribution in [0, 0.1) is 6.92 Å². The molecule has 2 aromatic carbocycles. The van der Waals surface area contributed by atoms with Crippen LogP contribution in [0.15, 0.2) is 68.2 Å². The fourth-order valence-corrected chi connectivity index (χ4v) is 3.52. The van der Waals surface area contributed by atoms with E-state index in [0.717, 1.165) is 16.6 Å². The SMILES string of the molecule is COc1ccc2oc(=O)c(/C(C)=N/Nc3nc(-c4ccc(C)cc4)cs3)cc2c1. The van der Waals surface area contributed by atoms with Crippen molar-refractivity contribution in [2.45, 2.75) is 13.8 Å². The summed E-state index contributed by atoms with van der Waals surface area (Å²) in [6.07, 6.45) is 0. The zero-order chi connectivity index (χ0) is 20.4. The lowest BCUT2D eigenvalue weighted by Crippen LogP contribution is -2.13. The van der Waals surface area contributed by atoms with Crippen molar-refractivity contribution < 1.29 is 9.15 Å². The molecule has 2 heterocycles. The molecule has 4 aromatic rings. The van der Waals surface area contributed by atoms with E-state index in [1.165, 1.54) is 16.9 Å². The van der Waals surface area contributed by atoms with Gasteiger partial charge in [0.1, 0.15) is 11.3 Å². The van der Waals surface area contributed by atoms with Crippen molar-refractivity contribution >= 4 is 33.1 Å². The van der Waals surface area contributed by atoms with Gasteiger partial charge in [0.15, 0.2) is 0 Å². The van der Waals surface area contributed by atoms with Crippen molar-refractivity contribution in [3.8, 4) is 17.0 Å². The third kappa shape index (κ3) is 4.05. The summed E-state index contributed by atoms with van der Waals surface area (Å²) < 4.78 is 10.6. The summed E-state index contributed by atoms with van der Waals surface area (Å²) in [5.41, 5.74) is 7.01. The van der Waals surface area contributed by atoms with Gasteiger partial charge in [-0.25, -0.2) is 9.78 Å². The molecule has 0 radical (unpaired) electrons. The lowest BCUT2D eigenvalue weighted by atomic mass is 10.1. The molecule has 0 amide bonds. The van der Waals surface area contributed by atoms with Crippen LogP contribution in [0.2, 0.25) is 0 Å². The molecule has 0 unspecified atom stereocenters. The summed E-state index contributed by atoms with van der Waals surface area (Å²) in [7, 11) is 1.59. The Morgan fingerprint density at radius 2 is 1.97 bits per heavy atom. The summed E-state index contributed by atoms with van der Waals surface area (Å²) >= 11 is 1.45. The van der Waals surface area contributed by atoms with Crippen molar-refractivity contribution in [2.75, 3.05) is 12.5 Å². The normalized spacial score (nSPS) is 11.6. The first-order chi connectivity index (χ1) is 14.0. The molecule has 0 aliphatic heterocycles. The van der Waals surface area contributed by atoms with Crippen molar-refractivity contribution in [2.24, 2.45) is 5.10 Å². The maximum absolute atomic E-state index is 12.3. The highest BCUT2D eigenvalue weighted by Crippen LogP contribution is 2.25. The van der Waals surface area contributed by atoms with Gasteiger partial charge in [0.2, 0.25) is 5.13 Å². The highest BCUT2D eigenvalue weighted by molar-refractivity contribution is 7.14. The van der Waals surface area contributed by atoms with Crippen LogP contribution >= 0.6 is 11.3 Å². The van der Waals surface area contributed by atoms with E-state index in [9.17, 15) is 4.79 Å². The molecule has 0 saturated heterocycles. The van der Waals surface area contributed by atoms with Gasteiger partial charge in [-0.15, -0.1) is 11.3 Å². The molecule has 2 aromatic heterocycles. The molecule has 0 spiro atoms. The van der Waals surface area contributed by atoms with E-state index in [1.807, 2.05) is 23.6 Å². The maximum Gasteiger partial charge on any atom is 0.345 e. The van der Waals surface area contributed by atoms with Gasteiger partial charge in [0.25, 0.3) is 0 Å². The molecule has 4 rings (SSSR count). The molecule has 0 fully saturated rings. The zero-order valence-electron chi connectivity index (χ0n) is 16.2. The number of aryl methyl sites for hydroxylation is 1. The summed E-state index contributed by atoms with van der Waals surface area (Å²) in [4.78, 5) is 16.9. The van der Waals surface area contributed by atoms with E-state index in [0.29, 0.717) is 27.7 Å². The number of nitrogens with zero attached hydrogens (tertiary/aromatic N) is 2. The number of methoxy groups -OCH3 is 1. The Bertz CT molecular complexity index is 1260. The quantitative estimate of drug-likeness (QED) is 0.285. The van der Waals surface area contributed by atoms with Gasteiger partial charge in [-0.2, -0.15) is 5.10 Å². The third-order valence-corrected chi connectivity index (χ3v) is 5.25. The second kappa shape index (κ2) is 7.89. The number of benzene rings is 2. The Balaban J connectivity index is 1.58. The molecule has 0 aliphatic carbocycles.